The molecule has 4 heteroatoms. The van der Waals surface area contributed by atoms with Crippen molar-refractivity contribution in [1.82, 2.24) is 15.0 Å². The lowest BCUT2D eigenvalue weighted by molar-refractivity contribution is 0.101. The van der Waals surface area contributed by atoms with Crippen LogP contribution in [-0.4, -0.2) is 20.8 Å². The zero-order valence-electron chi connectivity index (χ0n) is 10.1. The molecule has 0 atom stereocenters. The van der Waals surface area contributed by atoms with Crippen molar-refractivity contribution in [3.8, 4) is 11.3 Å². The molecule has 0 unspecified atom stereocenters. The number of rotatable bonds is 4. The van der Waals surface area contributed by atoms with Crippen LogP contribution >= 0.6 is 0 Å². The average Bonchev–Trinajstić information content (AvgIpc) is 2.78. The largest absolute Gasteiger partial charge is 0.295 e. The summed E-state index contributed by atoms with van der Waals surface area (Å²) in [5, 5.41) is 7.96. The minimum Gasteiger partial charge on any atom is -0.295 e. The summed E-state index contributed by atoms with van der Waals surface area (Å²) < 4.78 is 1.86. The fourth-order valence-electron chi connectivity index (χ4n) is 1.76. The molecule has 0 saturated heterocycles. The zero-order valence-corrected chi connectivity index (χ0v) is 10.1. The van der Waals surface area contributed by atoms with E-state index < -0.39 is 0 Å². The van der Waals surface area contributed by atoms with Crippen molar-refractivity contribution >= 4 is 5.78 Å². The lowest BCUT2D eigenvalue weighted by atomic mass is 10.1. The Morgan fingerprint density at radius 2 is 2.24 bits per heavy atom. The second kappa shape index (κ2) is 4.91. The van der Waals surface area contributed by atoms with Crippen LogP contribution in [0.1, 0.15) is 30.6 Å². The molecule has 0 bridgehead atoms. The van der Waals surface area contributed by atoms with Crippen molar-refractivity contribution in [2.24, 2.45) is 0 Å². The first kappa shape index (κ1) is 11.5. The van der Waals surface area contributed by atoms with Crippen molar-refractivity contribution in [2.75, 3.05) is 0 Å². The van der Waals surface area contributed by atoms with Crippen LogP contribution in [0.15, 0.2) is 30.5 Å². The van der Waals surface area contributed by atoms with Gasteiger partial charge in [0.25, 0.3) is 0 Å². The summed E-state index contributed by atoms with van der Waals surface area (Å²) in [7, 11) is 0. The highest BCUT2D eigenvalue weighted by molar-refractivity contribution is 5.95. The molecule has 2 aromatic rings. The van der Waals surface area contributed by atoms with Crippen LogP contribution in [0.25, 0.3) is 11.3 Å². The molecule has 88 valence electrons. The number of carbonyl (C=O) groups excluding carboxylic acids is 1. The first-order valence-corrected chi connectivity index (χ1v) is 5.72. The van der Waals surface area contributed by atoms with Crippen LogP contribution in [0.5, 0.6) is 0 Å². The third kappa shape index (κ3) is 2.41. The second-order valence-electron chi connectivity index (χ2n) is 3.98. The summed E-state index contributed by atoms with van der Waals surface area (Å²) in [6.45, 7) is 4.50. The van der Waals surface area contributed by atoms with Crippen LogP contribution in [0.4, 0.5) is 0 Å². The van der Waals surface area contributed by atoms with Crippen LogP contribution < -0.4 is 0 Å². The van der Waals surface area contributed by atoms with E-state index in [2.05, 4.69) is 17.2 Å². The first-order chi connectivity index (χ1) is 8.22. The molecule has 1 aromatic heterocycles. The van der Waals surface area contributed by atoms with Gasteiger partial charge in [0.1, 0.15) is 0 Å². The van der Waals surface area contributed by atoms with Gasteiger partial charge in [-0.05, 0) is 19.4 Å². The van der Waals surface area contributed by atoms with Gasteiger partial charge >= 0.3 is 0 Å². The van der Waals surface area contributed by atoms with E-state index in [1.165, 1.54) is 0 Å². The number of nitrogens with zero attached hydrogens (tertiary/aromatic N) is 3. The Bertz CT molecular complexity index is 531. The quantitative estimate of drug-likeness (QED) is 0.757. The van der Waals surface area contributed by atoms with Crippen LogP contribution in [0.3, 0.4) is 0 Å². The number of benzene rings is 1. The van der Waals surface area contributed by atoms with E-state index in [-0.39, 0.29) is 5.78 Å². The number of carbonyl (C=O) groups is 1. The molecule has 0 aliphatic heterocycles. The summed E-state index contributed by atoms with van der Waals surface area (Å²) in [5.41, 5.74) is 2.65. The van der Waals surface area contributed by atoms with Gasteiger partial charge < -0.3 is 0 Å². The van der Waals surface area contributed by atoms with E-state index in [9.17, 15) is 4.79 Å². The number of aromatic nitrogens is 3. The Morgan fingerprint density at radius 1 is 1.41 bits per heavy atom. The molecule has 0 aliphatic carbocycles. The normalized spacial score (nSPS) is 10.5. The maximum absolute atomic E-state index is 11.3. The molecule has 2 rings (SSSR count). The predicted molar refractivity (Wildman–Crippen MR) is 65.8 cm³/mol. The maximum atomic E-state index is 11.3. The summed E-state index contributed by atoms with van der Waals surface area (Å²) in [6, 6.07) is 7.56. The first-order valence-electron chi connectivity index (χ1n) is 5.72. The Labute approximate surface area is 100 Å². The highest BCUT2D eigenvalue weighted by Crippen LogP contribution is 2.19. The molecule has 0 spiro atoms. The van der Waals surface area contributed by atoms with Crippen LogP contribution in [0.2, 0.25) is 0 Å². The Hall–Kier alpha value is -1.97. The van der Waals surface area contributed by atoms with Gasteiger partial charge in [0.15, 0.2) is 5.78 Å². The number of hydrogen-bond donors (Lipinski definition) is 0. The highest BCUT2D eigenvalue weighted by Gasteiger charge is 2.07. The van der Waals surface area contributed by atoms with Crippen LogP contribution in [-0.2, 0) is 6.54 Å². The summed E-state index contributed by atoms with van der Waals surface area (Å²) >= 11 is 0. The van der Waals surface area contributed by atoms with E-state index in [0.29, 0.717) is 5.56 Å². The Balaban J connectivity index is 2.42. The van der Waals surface area contributed by atoms with Gasteiger partial charge in [0.2, 0.25) is 0 Å². The standard InChI is InChI=1S/C13H15N3O/c1-3-7-16-13(9-14-15-16)12-6-4-5-11(8-12)10(2)17/h4-6,8-9H,3,7H2,1-2H3. The average molecular weight is 229 g/mol. The Morgan fingerprint density at radius 3 is 2.94 bits per heavy atom. The van der Waals surface area contributed by atoms with Gasteiger partial charge in [0.05, 0.1) is 11.9 Å². The number of aryl methyl sites for hydroxylation is 1. The molecule has 0 N–H and O–H groups in total. The molecular formula is C13H15N3O. The summed E-state index contributed by atoms with van der Waals surface area (Å²) in [4.78, 5) is 11.3. The van der Waals surface area contributed by atoms with Crippen molar-refractivity contribution in [3.63, 3.8) is 0 Å². The van der Waals surface area contributed by atoms with E-state index in [0.717, 1.165) is 24.2 Å². The van der Waals surface area contributed by atoms with Crippen molar-refractivity contribution in [1.29, 1.82) is 0 Å². The highest BCUT2D eigenvalue weighted by atomic mass is 16.1. The molecule has 0 saturated carbocycles. The van der Waals surface area contributed by atoms with Crippen molar-refractivity contribution in [2.45, 2.75) is 26.8 Å². The smallest absolute Gasteiger partial charge is 0.159 e. The SMILES string of the molecule is CCCn1nncc1-c1cccc(C(C)=O)c1. The van der Waals surface area contributed by atoms with Gasteiger partial charge in [0, 0.05) is 17.7 Å². The minimum atomic E-state index is 0.0707. The van der Waals surface area contributed by atoms with Crippen molar-refractivity contribution in [3.05, 3.63) is 36.0 Å². The molecule has 17 heavy (non-hydrogen) atoms. The molecule has 1 aromatic carbocycles. The third-order valence-corrected chi connectivity index (χ3v) is 2.62. The van der Waals surface area contributed by atoms with Gasteiger partial charge in [-0.1, -0.05) is 30.3 Å². The van der Waals surface area contributed by atoms with Crippen LogP contribution in [0, 0.1) is 0 Å². The topological polar surface area (TPSA) is 47.8 Å². The van der Waals surface area contributed by atoms with Gasteiger partial charge in [-0.3, -0.25) is 4.79 Å². The van der Waals surface area contributed by atoms with Gasteiger partial charge in [-0.2, -0.15) is 0 Å². The number of Topliss-reactive ketones (excluding diaryl/α,β-unsaturated/α-hetero) is 1. The fraction of sp³-hybridized carbons (Fsp3) is 0.308. The second-order valence-corrected chi connectivity index (χ2v) is 3.98. The summed E-state index contributed by atoms with van der Waals surface area (Å²) in [6.07, 6.45) is 2.73. The minimum absolute atomic E-state index is 0.0707. The fourth-order valence-corrected chi connectivity index (χ4v) is 1.76. The molecule has 0 amide bonds. The van der Waals surface area contributed by atoms with E-state index in [4.69, 9.17) is 0 Å². The monoisotopic (exact) mass is 229 g/mol. The Kier molecular flexibility index (Phi) is 3.32. The number of hydrogen-bond acceptors (Lipinski definition) is 3. The zero-order chi connectivity index (χ0) is 12.3. The number of ketones is 1. The van der Waals surface area contributed by atoms with Gasteiger partial charge in [-0.15, -0.1) is 5.10 Å². The lowest BCUT2D eigenvalue weighted by Gasteiger charge is -2.05. The summed E-state index contributed by atoms with van der Waals surface area (Å²) in [5.74, 6) is 0.0707. The molecule has 0 aliphatic rings. The third-order valence-electron chi connectivity index (χ3n) is 2.62. The lowest BCUT2D eigenvalue weighted by Crippen LogP contribution is -2.02. The van der Waals surface area contributed by atoms with Gasteiger partial charge in [-0.25, -0.2) is 4.68 Å². The van der Waals surface area contributed by atoms with Crippen molar-refractivity contribution < 1.29 is 4.79 Å². The predicted octanol–water partition coefficient (Wildman–Crippen LogP) is 2.56. The molecule has 0 radical (unpaired) electrons. The molecule has 0 fully saturated rings. The molecule has 4 nitrogen and oxygen atoms in total. The molecular weight excluding hydrogens is 214 g/mol. The van der Waals surface area contributed by atoms with E-state index >= 15 is 0 Å². The molecule has 1 heterocycles. The van der Waals surface area contributed by atoms with E-state index in [1.807, 2.05) is 28.9 Å². The maximum Gasteiger partial charge on any atom is 0.159 e. The van der Waals surface area contributed by atoms with E-state index in [1.54, 1.807) is 13.1 Å².